The predicted molar refractivity (Wildman–Crippen MR) is 141 cm³/mol. The summed E-state index contributed by atoms with van der Waals surface area (Å²) in [5.74, 6) is 1.05. The van der Waals surface area contributed by atoms with E-state index in [1.165, 1.54) is 21.6 Å². The minimum atomic E-state index is 0.265. The van der Waals surface area contributed by atoms with Crippen LogP contribution in [0.15, 0.2) is 103 Å². The third-order valence-electron chi connectivity index (χ3n) is 6.58. The van der Waals surface area contributed by atoms with Gasteiger partial charge in [-0.25, -0.2) is 9.97 Å². The van der Waals surface area contributed by atoms with E-state index in [0.717, 1.165) is 42.2 Å². The summed E-state index contributed by atoms with van der Waals surface area (Å²) in [6.45, 7) is 3.85. The molecular formula is C29H26N4S. The second kappa shape index (κ2) is 9.37. The van der Waals surface area contributed by atoms with E-state index < -0.39 is 0 Å². The van der Waals surface area contributed by atoms with Crippen molar-refractivity contribution in [3.63, 3.8) is 0 Å². The van der Waals surface area contributed by atoms with Crippen molar-refractivity contribution < 1.29 is 0 Å². The molecule has 3 heterocycles. The summed E-state index contributed by atoms with van der Waals surface area (Å²) >= 11 is 1.74. The molecule has 0 atom stereocenters. The van der Waals surface area contributed by atoms with Gasteiger partial charge in [0.05, 0.1) is 11.4 Å². The van der Waals surface area contributed by atoms with E-state index in [-0.39, 0.29) is 6.04 Å². The Labute approximate surface area is 204 Å². The molecule has 0 unspecified atom stereocenters. The van der Waals surface area contributed by atoms with Crippen LogP contribution in [-0.2, 0) is 0 Å². The van der Waals surface area contributed by atoms with Crippen LogP contribution in [0.1, 0.15) is 17.2 Å². The molecule has 34 heavy (non-hydrogen) atoms. The highest BCUT2D eigenvalue weighted by Crippen LogP contribution is 2.37. The number of nitrogens with zero attached hydrogens (tertiary/aromatic N) is 4. The third kappa shape index (κ3) is 4.09. The molecule has 0 radical (unpaired) electrons. The quantitative estimate of drug-likeness (QED) is 0.308. The minimum Gasteiger partial charge on any atom is -0.353 e. The first-order valence-electron chi connectivity index (χ1n) is 11.8. The van der Waals surface area contributed by atoms with Gasteiger partial charge in [-0.15, -0.1) is 11.3 Å². The van der Waals surface area contributed by atoms with E-state index in [4.69, 9.17) is 4.98 Å². The number of benzene rings is 3. The summed E-state index contributed by atoms with van der Waals surface area (Å²) in [5, 5.41) is 1.16. The number of hydrogen-bond donors (Lipinski definition) is 0. The van der Waals surface area contributed by atoms with Crippen LogP contribution in [0.25, 0.3) is 20.7 Å². The maximum atomic E-state index is 4.73. The van der Waals surface area contributed by atoms with Crippen LogP contribution in [0.5, 0.6) is 0 Å². The lowest BCUT2D eigenvalue weighted by Crippen LogP contribution is -2.48. The first-order chi connectivity index (χ1) is 16.9. The van der Waals surface area contributed by atoms with Gasteiger partial charge in [-0.3, -0.25) is 4.90 Å². The van der Waals surface area contributed by atoms with Gasteiger partial charge in [-0.05, 0) is 22.8 Å². The van der Waals surface area contributed by atoms with E-state index in [0.29, 0.717) is 0 Å². The zero-order valence-corrected chi connectivity index (χ0v) is 19.7. The second-order valence-corrected chi connectivity index (χ2v) is 9.67. The topological polar surface area (TPSA) is 32.3 Å². The molecule has 0 saturated carbocycles. The molecule has 0 aliphatic carbocycles. The normalized spacial score (nSPS) is 14.7. The molecular weight excluding hydrogens is 436 g/mol. The summed E-state index contributed by atoms with van der Waals surface area (Å²) in [6.07, 6.45) is 1.71. The van der Waals surface area contributed by atoms with Gasteiger partial charge in [0.25, 0.3) is 0 Å². The number of fused-ring (bicyclic) bond motifs is 1. The van der Waals surface area contributed by atoms with Gasteiger partial charge in [-0.1, -0.05) is 91.0 Å². The molecule has 2 aromatic heterocycles. The van der Waals surface area contributed by atoms with Gasteiger partial charge >= 0.3 is 0 Å². The Balaban J connectivity index is 1.26. The fourth-order valence-corrected chi connectivity index (χ4v) is 5.92. The monoisotopic (exact) mass is 462 g/mol. The molecule has 0 bridgehead atoms. The van der Waals surface area contributed by atoms with Crippen molar-refractivity contribution in [2.45, 2.75) is 6.04 Å². The fourth-order valence-electron chi connectivity index (χ4n) is 4.92. The Bertz CT molecular complexity index is 1320. The Kier molecular flexibility index (Phi) is 5.79. The lowest BCUT2D eigenvalue weighted by atomic mass is 9.96. The minimum absolute atomic E-state index is 0.265. The fraction of sp³-hybridized carbons (Fsp3) is 0.172. The molecule has 1 saturated heterocycles. The Morgan fingerprint density at radius 3 is 1.88 bits per heavy atom. The number of rotatable bonds is 5. The largest absolute Gasteiger partial charge is 0.353 e. The number of piperazine rings is 1. The van der Waals surface area contributed by atoms with Gasteiger partial charge < -0.3 is 4.90 Å². The van der Waals surface area contributed by atoms with E-state index in [1.807, 2.05) is 0 Å². The smallest absolute Gasteiger partial charge is 0.140 e. The number of anilines is 1. The average molecular weight is 463 g/mol. The maximum Gasteiger partial charge on any atom is 0.140 e. The SMILES string of the molecule is c1ccc(-c2cc3c(N4CCN(C(c5ccccc5)c5ccccc5)CC4)ncnc3s2)cc1. The van der Waals surface area contributed by atoms with Crippen LogP contribution < -0.4 is 4.90 Å². The van der Waals surface area contributed by atoms with Crippen LogP contribution in [-0.4, -0.2) is 41.0 Å². The number of hydrogen-bond acceptors (Lipinski definition) is 5. The molecule has 6 rings (SSSR count). The van der Waals surface area contributed by atoms with Crippen molar-refractivity contribution in [2.24, 2.45) is 0 Å². The van der Waals surface area contributed by atoms with Crippen molar-refractivity contribution >= 4 is 27.4 Å². The van der Waals surface area contributed by atoms with Gasteiger partial charge in [-0.2, -0.15) is 0 Å². The van der Waals surface area contributed by atoms with E-state index in [2.05, 4.69) is 112 Å². The Hall–Kier alpha value is -3.54. The highest BCUT2D eigenvalue weighted by Gasteiger charge is 2.27. The first kappa shape index (κ1) is 21.0. The van der Waals surface area contributed by atoms with E-state index in [9.17, 15) is 0 Å². The molecule has 1 fully saturated rings. The summed E-state index contributed by atoms with van der Waals surface area (Å²) in [7, 11) is 0. The molecule has 3 aromatic carbocycles. The van der Waals surface area contributed by atoms with Crippen LogP contribution in [0.4, 0.5) is 5.82 Å². The van der Waals surface area contributed by atoms with Gasteiger partial charge in [0.1, 0.15) is 17.0 Å². The van der Waals surface area contributed by atoms with Crippen LogP contribution in [0, 0.1) is 0 Å². The second-order valence-electron chi connectivity index (χ2n) is 8.64. The summed E-state index contributed by atoms with van der Waals surface area (Å²) in [5.41, 5.74) is 3.92. The summed E-state index contributed by atoms with van der Waals surface area (Å²) in [4.78, 5) is 16.6. The van der Waals surface area contributed by atoms with Crippen LogP contribution in [0.3, 0.4) is 0 Å². The Morgan fingerprint density at radius 2 is 1.26 bits per heavy atom. The van der Waals surface area contributed by atoms with E-state index in [1.54, 1.807) is 17.7 Å². The summed E-state index contributed by atoms with van der Waals surface area (Å²) < 4.78 is 0. The molecule has 0 spiro atoms. The molecule has 0 N–H and O–H groups in total. The first-order valence-corrected chi connectivity index (χ1v) is 12.6. The Morgan fingerprint density at radius 1 is 0.676 bits per heavy atom. The van der Waals surface area contributed by atoms with Gasteiger partial charge in [0.2, 0.25) is 0 Å². The molecule has 168 valence electrons. The van der Waals surface area contributed by atoms with E-state index >= 15 is 0 Å². The lowest BCUT2D eigenvalue weighted by Gasteiger charge is -2.40. The van der Waals surface area contributed by atoms with Crippen molar-refractivity contribution in [1.82, 2.24) is 14.9 Å². The molecule has 1 aliphatic heterocycles. The standard InChI is InChI=1S/C29H26N4S/c1-4-10-22(11-5-1)26-20-25-28(30-21-31-29(25)34-26)33-18-16-32(17-19-33)27(23-12-6-2-7-13-23)24-14-8-3-9-15-24/h1-15,20-21,27H,16-19H2. The van der Waals surface area contributed by atoms with Gasteiger partial charge in [0, 0.05) is 31.1 Å². The molecule has 5 heteroatoms. The van der Waals surface area contributed by atoms with Crippen LogP contribution >= 0.6 is 11.3 Å². The maximum absolute atomic E-state index is 4.73. The zero-order valence-electron chi connectivity index (χ0n) is 18.9. The molecule has 5 aromatic rings. The third-order valence-corrected chi connectivity index (χ3v) is 7.67. The van der Waals surface area contributed by atoms with Crippen molar-refractivity contribution in [3.05, 3.63) is 115 Å². The molecule has 4 nitrogen and oxygen atoms in total. The number of thiophene rings is 1. The lowest BCUT2D eigenvalue weighted by molar-refractivity contribution is 0.212. The highest BCUT2D eigenvalue weighted by atomic mass is 32.1. The van der Waals surface area contributed by atoms with Crippen molar-refractivity contribution in [2.75, 3.05) is 31.1 Å². The zero-order chi connectivity index (χ0) is 22.7. The van der Waals surface area contributed by atoms with Crippen molar-refractivity contribution in [1.29, 1.82) is 0 Å². The molecule has 0 amide bonds. The van der Waals surface area contributed by atoms with Crippen molar-refractivity contribution in [3.8, 4) is 10.4 Å². The highest BCUT2D eigenvalue weighted by molar-refractivity contribution is 7.21. The molecule has 1 aliphatic rings. The number of aromatic nitrogens is 2. The summed E-state index contributed by atoms with van der Waals surface area (Å²) in [6, 6.07) is 34.8. The predicted octanol–water partition coefficient (Wildman–Crippen LogP) is 6.27. The van der Waals surface area contributed by atoms with Crippen LogP contribution in [0.2, 0.25) is 0 Å². The average Bonchev–Trinajstić information content (AvgIpc) is 3.36. The van der Waals surface area contributed by atoms with Gasteiger partial charge in [0.15, 0.2) is 0 Å².